The van der Waals surface area contributed by atoms with E-state index in [1.165, 1.54) is 10.6 Å². The van der Waals surface area contributed by atoms with Crippen LogP contribution in [0.1, 0.15) is 18.1 Å². The van der Waals surface area contributed by atoms with Crippen LogP contribution < -0.4 is 5.01 Å². The zero-order chi connectivity index (χ0) is 14.2. The smallest absolute Gasteiger partial charge is 0.282 e. The number of amides is 1. The van der Waals surface area contributed by atoms with E-state index >= 15 is 0 Å². The number of anilines is 1. The van der Waals surface area contributed by atoms with Gasteiger partial charge in [-0.1, -0.05) is 6.07 Å². The quantitative estimate of drug-likeness (QED) is 0.763. The topological polar surface area (TPSA) is 35.9 Å². The molecule has 1 aromatic carbocycles. The van der Waals surface area contributed by atoms with E-state index in [1.807, 2.05) is 57.2 Å². The van der Waals surface area contributed by atoms with Gasteiger partial charge < -0.3 is 4.90 Å². The lowest BCUT2D eigenvalue weighted by Crippen LogP contribution is -2.22. The number of benzene rings is 1. The van der Waals surface area contributed by atoms with E-state index < -0.39 is 0 Å². The number of hydrogen-bond acceptors (Lipinski definition) is 3. The lowest BCUT2D eigenvalue weighted by atomic mass is 10.1. The van der Waals surface area contributed by atoms with Gasteiger partial charge in [0.15, 0.2) is 0 Å². The predicted molar refractivity (Wildman–Crippen MR) is 78.3 cm³/mol. The second-order valence-corrected chi connectivity index (χ2v) is 5.08. The van der Waals surface area contributed by atoms with Gasteiger partial charge in [0, 0.05) is 20.3 Å². The van der Waals surface area contributed by atoms with Crippen molar-refractivity contribution < 1.29 is 4.79 Å². The Hall–Kier alpha value is -2.10. The predicted octanol–water partition coefficient (Wildman–Crippen LogP) is 2.47. The first-order chi connectivity index (χ1) is 8.90. The van der Waals surface area contributed by atoms with Gasteiger partial charge in [-0.2, -0.15) is 10.1 Å². The van der Waals surface area contributed by atoms with E-state index in [1.54, 1.807) is 0 Å². The molecule has 0 atom stereocenters. The number of hydrogen-bond donors (Lipinski definition) is 0. The average molecular weight is 257 g/mol. The highest BCUT2D eigenvalue weighted by Crippen LogP contribution is 2.25. The second-order valence-electron chi connectivity index (χ2n) is 5.08. The molecule has 100 valence electrons. The first kappa shape index (κ1) is 13.3. The van der Waals surface area contributed by atoms with E-state index in [0.29, 0.717) is 5.57 Å². The van der Waals surface area contributed by atoms with Crippen LogP contribution in [0.15, 0.2) is 35.1 Å². The van der Waals surface area contributed by atoms with Gasteiger partial charge in [-0.05, 0) is 44.0 Å². The molecule has 0 spiro atoms. The summed E-state index contributed by atoms with van der Waals surface area (Å²) in [5, 5.41) is 5.82. The van der Waals surface area contributed by atoms with E-state index in [2.05, 4.69) is 12.0 Å². The standard InChI is InChI=1S/C15H19N3O/c1-10-6-7-13(8-11(10)2)18-15(19)14(9-17(4)5)12(3)16-18/h6-9H,1-5H3. The largest absolute Gasteiger partial charge is 0.383 e. The molecule has 1 aliphatic heterocycles. The summed E-state index contributed by atoms with van der Waals surface area (Å²) in [5.74, 6) is -0.0746. The number of carbonyl (C=O) groups excluding carboxylic acids is 1. The Bertz CT molecular complexity index is 585. The van der Waals surface area contributed by atoms with Crippen molar-refractivity contribution in [2.24, 2.45) is 5.10 Å². The maximum atomic E-state index is 12.4. The van der Waals surface area contributed by atoms with E-state index in [4.69, 9.17) is 0 Å². The van der Waals surface area contributed by atoms with Crippen LogP contribution in [0.25, 0.3) is 0 Å². The number of nitrogens with zero attached hydrogens (tertiary/aromatic N) is 3. The molecular weight excluding hydrogens is 238 g/mol. The molecule has 0 bridgehead atoms. The summed E-state index contributed by atoms with van der Waals surface area (Å²) in [6.07, 6.45) is 1.81. The van der Waals surface area contributed by atoms with Crippen LogP contribution in [0, 0.1) is 13.8 Å². The van der Waals surface area contributed by atoms with Gasteiger partial charge in [0.1, 0.15) is 0 Å². The Morgan fingerprint density at radius 3 is 2.42 bits per heavy atom. The van der Waals surface area contributed by atoms with Gasteiger partial charge in [-0.15, -0.1) is 0 Å². The van der Waals surface area contributed by atoms with Crippen molar-refractivity contribution in [2.75, 3.05) is 19.1 Å². The Morgan fingerprint density at radius 1 is 1.16 bits per heavy atom. The van der Waals surface area contributed by atoms with Crippen LogP contribution >= 0.6 is 0 Å². The van der Waals surface area contributed by atoms with Crippen molar-refractivity contribution >= 4 is 17.3 Å². The third-order valence-corrected chi connectivity index (χ3v) is 3.18. The Balaban J connectivity index is 2.38. The molecule has 2 rings (SSSR count). The fourth-order valence-electron chi connectivity index (χ4n) is 1.96. The van der Waals surface area contributed by atoms with Crippen molar-refractivity contribution in [3.63, 3.8) is 0 Å². The molecule has 1 aliphatic rings. The average Bonchev–Trinajstić information content (AvgIpc) is 2.60. The number of aryl methyl sites for hydroxylation is 2. The van der Waals surface area contributed by atoms with E-state index in [0.717, 1.165) is 17.0 Å². The molecule has 19 heavy (non-hydrogen) atoms. The molecule has 1 heterocycles. The van der Waals surface area contributed by atoms with Crippen molar-refractivity contribution in [1.29, 1.82) is 0 Å². The maximum Gasteiger partial charge on any atom is 0.282 e. The van der Waals surface area contributed by atoms with Gasteiger partial charge in [0.2, 0.25) is 0 Å². The highest BCUT2D eigenvalue weighted by molar-refractivity contribution is 6.29. The van der Waals surface area contributed by atoms with E-state index in [-0.39, 0.29) is 5.91 Å². The first-order valence-corrected chi connectivity index (χ1v) is 6.25. The molecule has 0 aromatic heterocycles. The third-order valence-electron chi connectivity index (χ3n) is 3.18. The van der Waals surface area contributed by atoms with Gasteiger partial charge in [-0.3, -0.25) is 4.79 Å². The number of rotatable bonds is 2. The van der Waals surface area contributed by atoms with Gasteiger partial charge >= 0.3 is 0 Å². The summed E-state index contributed by atoms with van der Waals surface area (Å²) in [6.45, 7) is 5.94. The van der Waals surface area contributed by atoms with Crippen LogP contribution in [0.5, 0.6) is 0 Å². The monoisotopic (exact) mass is 257 g/mol. The van der Waals surface area contributed by atoms with Gasteiger partial charge in [0.05, 0.1) is 17.0 Å². The van der Waals surface area contributed by atoms with E-state index in [9.17, 15) is 4.79 Å². The Morgan fingerprint density at radius 2 is 1.84 bits per heavy atom. The van der Waals surface area contributed by atoms with Crippen molar-refractivity contribution in [2.45, 2.75) is 20.8 Å². The van der Waals surface area contributed by atoms with Crippen LogP contribution in [0.3, 0.4) is 0 Å². The molecule has 0 saturated heterocycles. The molecule has 0 N–H and O–H groups in total. The summed E-state index contributed by atoms with van der Waals surface area (Å²) in [7, 11) is 3.79. The first-order valence-electron chi connectivity index (χ1n) is 6.25. The zero-order valence-electron chi connectivity index (χ0n) is 12.1. The minimum atomic E-state index is -0.0746. The van der Waals surface area contributed by atoms with Crippen molar-refractivity contribution in [3.05, 3.63) is 41.1 Å². The minimum absolute atomic E-state index is 0.0746. The third kappa shape index (κ3) is 2.52. The SMILES string of the molecule is CC1=NN(c2ccc(C)c(C)c2)C(=O)C1=CN(C)C. The van der Waals surface area contributed by atoms with Crippen molar-refractivity contribution in [1.82, 2.24) is 4.90 Å². The number of carbonyl (C=O) groups is 1. The van der Waals surface area contributed by atoms with Crippen LogP contribution in [0.2, 0.25) is 0 Å². The van der Waals surface area contributed by atoms with Crippen LogP contribution in [0.4, 0.5) is 5.69 Å². The summed E-state index contributed by atoms with van der Waals surface area (Å²) in [5.41, 5.74) is 4.57. The molecule has 0 radical (unpaired) electrons. The molecule has 1 amide bonds. The molecule has 4 heteroatoms. The highest BCUT2D eigenvalue weighted by Gasteiger charge is 2.28. The maximum absolute atomic E-state index is 12.4. The minimum Gasteiger partial charge on any atom is -0.383 e. The molecular formula is C15H19N3O. The summed E-state index contributed by atoms with van der Waals surface area (Å²) in [6, 6.07) is 5.93. The normalized spacial score (nSPS) is 17.1. The Labute approximate surface area is 114 Å². The zero-order valence-corrected chi connectivity index (χ0v) is 12.1. The fraction of sp³-hybridized carbons (Fsp3) is 0.333. The lowest BCUT2D eigenvalue weighted by molar-refractivity contribution is -0.114. The summed E-state index contributed by atoms with van der Waals surface area (Å²) >= 11 is 0. The molecule has 0 aliphatic carbocycles. The van der Waals surface area contributed by atoms with Crippen molar-refractivity contribution in [3.8, 4) is 0 Å². The lowest BCUT2D eigenvalue weighted by Gasteiger charge is -2.14. The molecule has 4 nitrogen and oxygen atoms in total. The highest BCUT2D eigenvalue weighted by atomic mass is 16.2. The Kier molecular flexibility index (Phi) is 3.42. The molecule has 0 saturated carbocycles. The summed E-state index contributed by atoms with van der Waals surface area (Å²) in [4.78, 5) is 14.2. The summed E-state index contributed by atoms with van der Waals surface area (Å²) < 4.78 is 0. The fourth-order valence-corrected chi connectivity index (χ4v) is 1.96. The van der Waals surface area contributed by atoms with Gasteiger partial charge in [-0.25, -0.2) is 0 Å². The second kappa shape index (κ2) is 4.88. The molecule has 0 unspecified atom stereocenters. The molecule has 1 aromatic rings. The van der Waals surface area contributed by atoms with Crippen LogP contribution in [-0.2, 0) is 4.79 Å². The van der Waals surface area contributed by atoms with Crippen LogP contribution in [-0.4, -0.2) is 30.6 Å². The molecule has 0 fully saturated rings. The number of hydrazone groups is 1. The van der Waals surface area contributed by atoms with Gasteiger partial charge in [0.25, 0.3) is 5.91 Å².